The second-order valence-corrected chi connectivity index (χ2v) is 16.2. The number of aromatic nitrogens is 3. The summed E-state index contributed by atoms with van der Waals surface area (Å²) in [6, 6.07) is 71.3. The average Bonchev–Trinajstić information content (AvgIpc) is 3.88. The van der Waals surface area contributed by atoms with Gasteiger partial charge in [-0.1, -0.05) is 200 Å². The molecule has 9 aromatic rings. The standard InChI is InChI=1S/C58H39N3O/c1-5-17-38(18-6-1)40-29-31-41(32-30-40)55-59-56(61-57(60-55)49-35-43(39-19-7-2-8-20-39)37-53-54(49)48-26-14-16-28-52(48)62-53)42-33-34-47-46-25-13-15-27-50(46)58(51(47)36-42,44-21-9-3-10-22-44)45-23-11-4-12-24-45/h1-37,48,52H. The monoisotopic (exact) mass is 793 g/mol. The zero-order valence-corrected chi connectivity index (χ0v) is 33.8. The summed E-state index contributed by atoms with van der Waals surface area (Å²) < 4.78 is 6.70. The van der Waals surface area contributed by atoms with Crippen LogP contribution in [0.4, 0.5) is 0 Å². The van der Waals surface area contributed by atoms with Crippen LogP contribution in [0.15, 0.2) is 224 Å². The topological polar surface area (TPSA) is 47.9 Å². The summed E-state index contributed by atoms with van der Waals surface area (Å²) in [5.41, 5.74) is 15.1. The maximum absolute atomic E-state index is 6.70. The normalized spacial score (nSPS) is 16.2. The van der Waals surface area contributed by atoms with Gasteiger partial charge in [-0.05, 0) is 79.9 Å². The lowest BCUT2D eigenvalue weighted by Gasteiger charge is -2.34. The maximum Gasteiger partial charge on any atom is 0.164 e. The molecule has 2 atom stereocenters. The summed E-state index contributed by atoms with van der Waals surface area (Å²) in [5, 5.41) is 0. The van der Waals surface area contributed by atoms with Gasteiger partial charge in [-0.15, -0.1) is 0 Å². The van der Waals surface area contributed by atoms with Crippen LogP contribution in [0.2, 0.25) is 0 Å². The van der Waals surface area contributed by atoms with Gasteiger partial charge in [0.05, 0.1) is 5.41 Å². The van der Waals surface area contributed by atoms with E-state index in [1.807, 2.05) is 12.1 Å². The third kappa shape index (κ3) is 5.79. The first-order chi connectivity index (χ1) is 30.7. The van der Waals surface area contributed by atoms with E-state index in [2.05, 4.69) is 212 Å². The Morgan fingerprint density at radius 2 is 0.887 bits per heavy atom. The number of hydrogen-bond acceptors (Lipinski definition) is 4. The van der Waals surface area contributed by atoms with Crippen molar-refractivity contribution in [2.24, 2.45) is 0 Å². The summed E-state index contributed by atoms with van der Waals surface area (Å²) in [5.74, 6) is 2.71. The second-order valence-electron chi connectivity index (χ2n) is 16.2. The van der Waals surface area contributed by atoms with E-state index in [1.54, 1.807) is 0 Å². The summed E-state index contributed by atoms with van der Waals surface area (Å²) in [4.78, 5) is 16.2. The molecule has 0 N–H and O–H groups in total. The van der Waals surface area contributed by atoms with E-state index in [4.69, 9.17) is 19.7 Å². The van der Waals surface area contributed by atoms with Crippen molar-refractivity contribution in [2.75, 3.05) is 0 Å². The number of nitrogens with zero attached hydrogens (tertiary/aromatic N) is 3. The lowest BCUT2D eigenvalue weighted by atomic mass is 9.67. The molecule has 0 radical (unpaired) electrons. The van der Waals surface area contributed by atoms with Gasteiger partial charge in [0.2, 0.25) is 0 Å². The molecule has 1 aliphatic heterocycles. The Bertz CT molecular complexity index is 3160. The van der Waals surface area contributed by atoms with Crippen LogP contribution in [0.1, 0.15) is 33.7 Å². The highest BCUT2D eigenvalue weighted by Crippen LogP contribution is 2.57. The van der Waals surface area contributed by atoms with Crippen LogP contribution in [0.25, 0.3) is 67.5 Å². The number of allylic oxidation sites excluding steroid dienone is 2. The van der Waals surface area contributed by atoms with Gasteiger partial charge >= 0.3 is 0 Å². The Morgan fingerprint density at radius 1 is 0.371 bits per heavy atom. The predicted octanol–water partition coefficient (Wildman–Crippen LogP) is 13.5. The van der Waals surface area contributed by atoms with E-state index in [0.29, 0.717) is 17.5 Å². The molecule has 0 saturated carbocycles. The molecule has 2 unspecified atom stereocenters. The molecule has 292 valence electrons. The van der Waals surface area contributed by atoms with Crippen LogP contribution >= 0.6 is 0 Å². The minimum Gasteiger partial charge on any atom is -0.485 e. The lowest BCUT2D eigenvalue weighted by molar-refractivity contribution is 0.269. The molecule has 0 bridgehead atoms. The third-order valence-corrected chi connectivity index (χ3v) is 12.8. The van der Waals surface area contributed by atoms with Crippen LogP contribution in [0, 0.1) is 0 Å². The van der Waals surface area contributed by atoms with Gasteiger partial charge in [-0.2, -0.15) is 0 Å². The van der Waals surface area contributed by atoms with Crippen molar-refractivity contribution in [2.45, 2.75) is 17.4 Å². The first kappa shape index (κ1) is 35.9. The minimum absolute atomic E-state index is 0.0273. The molecule has 62 heavy (non-hydrogen) atoms. The van der Waals surface area contributed by atoms with Crippen molar-refractivity contribution < 1.29 is 4.74 Å². The molecular formula is C58H39N3O. The van der Waals surface area contributed by atoms with E-state index in [9.17, 15) is 0 Å². The Morgan fingerprint density at radius 3 is 1.58 bits per heavy atom. The molecule has 8 aromatic carbocycles. The molecule has 2 heterocycles. The molecule has 1 aromatic heterocycles. The maximum atomic E-state index is 6.70. The largest absolute Gasteiger partial charge is 0.485 e. The Kier molecular flexibility index (Phi) is 8.49. The highest BCUT2D eigenvalue weighted by molar-refractivity contribution is 5.88. The number of fused-ring (bicyclic) bond motifs is 6. The van der Waals surface area contributed by atoms with Crippen molar-refractivity contribution in [3.05, 3.63) is 252 Å². The first-order valence-corrected chi connectivity index (χ1v) is 21.3. The fourth-order valence-corrected chi connectivity index (χ4v) is 9.94. The first-order valence-electron chi connectivity index (χ1n) is 21.3. The zero-order chi connectivity index (χ0) is 41.0. The quantitative estimate of drug-likeness (QED) is 0.161. The molecule has 0 spiro atoms. The number of benzene rings is 8. The lowest BCUT2D eigenvalue weighted by Crippen LogP contribution is -2.28. The second kappa shape index (κ2) is 14.6. The zero-order valence-electron chi connectivity index (χ0n) is 33.8. The Balaban J connectivity index is 1.10. The molecular weight excluding hydrogens is 755 g/mol. The van der Waals surface area contributed by atoms with Gasteiger partial charge in [0, 0.05) is 28.2 Å². The molecule has 3 aliphatic rings. The van der Waals surface area contributed by atoms with Crippen molar-refractivity contribution in [3.8, 4) is 73.3 Å². The average molecular weight is 794 g/mol. The van der Waals surface area contributed by atoms with Crippen LogP contribution in [-0.4, -0.2) is 21.1 Å². The molecule has 0 saturated heterocycles. The Hall–Kier alpha value is -7.95. The molecule has 0 fully saturated rings. The summed E-state index contributed by atoms with van der Waals surface area (Å²) in [6.45, 7) is 0. The summed E-state index contributed by atoms with van der Waals surface area (Å²) in [6.07, 6.45) is 8.46. The number of rotatable bonds is 7. The van der Waals surface area contributed by atoms with Gasteiger partial charge in [0.25, 0.3) is 0 Å². The van der Waals surface area contributed by atoms with Crippen LogP contribution in [-0.2, 0) is 5.41 Å². The number of ether oxygens (including phenoxy) is 1. The van der Waals surface area contributed by atoms with Crippen molar-refractivity contribution >= 4 is 0 Å². The van der Waals surface area contributed by atoms with E-state index in [-0.39, 0.29) is 12.0 Å². The third-order valence-electron chi connectivity index (χ3n) is 12.8. The summed E-state index contributed by atoms with van der Waals surface area (Å²) >= 11 is 0. The van der Waals surface area contributed by atoms with E-state index < -0.39 is 5.41 Å². The van der Waals surface area contributed by atoms with E-state index in [1.165, 1.54) is 33.4 Å². The smallest absolute Gasteiger partial charge is 0.164 e. The van der Waals surface area contributed by atoms with Crippen molar-refractivity contribution in [1.29, 1.82) is 0 Å². The van der Waals surface area contributed by atoms with Gasteiger partial charge in [0.15, 0.2) is 17.5 Å². The molecule has 4 nitrogen and oxygen atoms in total. The highest BCUT2D eigenvalue weighted by Gasteiger charge is 2.46. The minimum atomic E-state index is -0.561. The molecule has 12 rings (SSSR count). The predicted molar refractivity (Wildman–Crippen MR) is 250 cm³/mol. The van der Waals surface area contributed by atoms with Gasteiger partial charge in [0.1, 0.15) is 11.9 Å². The fraction of sp³-hybridized carbons (Fsp3) is 0.0517. The van der Waals surface area contributed by atoms with Gasteiger partial charge in [-0.25, -0.2) is 15.0 Å². The van der Waals surface area contributed by atoms with Crippen molar-refractivity contribution in [1.82, 2.24) is 15.0 Å². The SMILES string of the molecule is C1=CC2Oc3cc(-c4ccccc4)cc(-c4nc(-c5ccc(-c6ccccc6)cc5)nc(-c5ccc6c(c5)C(c5ccccc5)(c5ccccc5)c5ccccc5-6)n4)c3C2C=C1. The molecule has 4 heteroatoms. The fourth-order valence-electron chi connectivity index (χ4n) is 9.94. The highest BCUT2D eigenvalue weighted by atomic mass is 16.5. The van der Waals surface area contributed by atoms with Gasteiger partial charge in [-0.3, -0.25) is 0 Å². The van der Waals surface area contributed by atoms with Crippen LogP contribution in [0.5, 0.6) is 5.75 Å². The van der Waals surface area contributed by atoms with E-state index >= 15 is 0 Å². The van der Waals surface area contributed by atoms with Gasteiger partial charge < -0.3 is 4.74 Å². The van der Waals surface area contributed by atoms with Crippen molar-refractivity contribution in [3.63, 3.8) is 0 Å². The van der Waals surface area contributed by atoms with Crippen LogP contribution in [0.3, 0.4) is 0 Å². The Labute approximate surface area is 361 Å². The van der Waals surface area contributed by atoms with E-state index in [0.717, 1.165) is 50.3 Å². The number of hydrogen-bond donors (Lipinski definition) is 0. The molecule has 0 amide bonds. The summed E-state index contributed by atoms with van der Waals surface area (Å²) in [7, 11) is 0. The van der Waals surface area contributed by atoms with Crippen LogP contribution < -0.4 is 4.74 Å². The molecule has 2 aliphatic carbocycles.